The van der Waals surface area contributed by atoms with Gasteiger partial charge in [0.05, 0.1) is 0 Å². The number of benzene rings is 1. The van der Waals surface area contributed by atoms with E-state index in [0.29, 0.717) is 5.92 Å². The maximum Gasteiger partial charge on any atom is 0.325 e. The quantitative estimate of drug-likeness (QED) is 0.852. The normalized spacial score (nSPS) is 22.1. The predicted octanol–water partition coefficient (Wildman–Crippen LogP) is 1.91. The van der Waals surface area contributed by atoms with Gasteiger partial charge in [-0.25, -0.2) is 0 Å². The molecule has 1 heterocycles. The van der Waals surface area contributed by atoms with Crippen LogP contribution in [0, 0.1) is 5.92 Å². The molecule has 2 N–H and O–H groups in total. The third kappa shape index (κ3) is 3.55. The van der Waals surface area contributed by atoms with Crippen LogP contribution in [0.3, 0.4) is 0 Å². The number of aliphatic hydroxyl groups excluding tert-OH is 1. The van der Waals surface area contributed by atoms with Crippen LogP contribution < -0.4 is 0 Å². The number of nitrogens with zero attached hydrogens (tertiary/aromatic N) is 1. The van der Waals surface area contributed by atoms with Crippen molar-refractivity contribution in [2.75, 3.05) is 19.7 Å². The van der Waals surface area contributed by atoms with Gasteiger partial charge in [-0.3, -0.25) is 9.69 Å². The molecular weight excluding hydrogens is 242 g/mol. The van der Waals surface area contributed by atoms with E-state index >= 15 is 0 Å². The highest BCUT2D eigenvalue weighted by Gasteiger charge is 2.31. The van der Waals surface area contributed by atoms with Crippen molar-refractivity contribution in [3.05, 3.63) is 35.9 Å². The largest absolute Gasteiger partial charge is 0.480 e. The Morgan fingerprint density at radius 3 is 2.74 bits per heavy atom. The summed E-state index contributed by atoms with van der Waals surface area (Å²) >= 11 is 0. The van der Waals surface area contributed by atoms with Crippen LogP contribution in [0.5, 0.6) is 0 Å². The van der Waals surface area contributed by atoms with E-state index in [0.717, 1.165) is 37.9 Å². The molecule has 1 fully saturated rings. The van der Waals surface area contributed by atoms with Crippen LogP contribution in [0.4, 0.5) is 0 Å². The Labute approximate surface area is 113 Å². The van der Waals surface area contributed by atoms with Crippen molar-refractivity contribution >= 4 is 5.97 Å². The third-order valence-electron chi connectivity index (χ3n) is 3.80. The van der Waals surface area contributed by atoms with Crippen molar-refractivity contribution in [1.29, 1.82) is 0 Å². The molecule has 0 spiro atoms. The van der Waals surface area contributed by atoms with E-state index in [2.05, 4.69) is 0 Å². The average Bonchev–Trinajstić information content (AvgIpc) is 2.40. The summed E-state index contributed by atoms with van der Waals surface area (Å²) in [7, 11) is 0. The van der Waals surface area contributed by atoms with E-state index in [-0.39, 0.29) is 6.61 Å². The van der Waals surface area contributed by atoms with Crippen LogP contribution >= 0.6 is 0 Å². The second-order valence-corrected chi connectivity index (χ2v) is 5.17. The maximum absolute atomic E-state index is 11.6. The SMILES string of the molecule is O=C(O)C(c1ccccc1)N1CCCC(CCO)C1. The molecule has 1 aromatic rings. The highest BCUT2D eigenvalue weighted by molar-refractivity contribution is 5.75. The van der Waals surface area contributed by atoms with Crippen molar-refractivity contribution in [2.24, 2.45) is 5.92 Å². The fourth-order valence-electron chi connectivity index (χ4n) is 2.89. The molecular formula is C15H21NO3. The monoisotopic (exact) mass is 263 g/mol. The van der Waals surface area contributed by atoms with E-state index < -0.39 is 12.0 Å². The van der Waals surface area contributed by atoms with Crippen molar-refractivity contribution in [3.8, 4) is 0 Å². The van der Waals surface area contributed by atoms with Gasteiger partial charge in [0.2, 0.25) is 0 Å². The molecule has 2 rings (SSSR count). The Morgan fingerprint density at radius 1 is 1.37 bits per heavy atom. The van der Waals surface area contributed by atoms with E-state index in [1.54, 1.807) is 0 Å². The summed E-state index contributed by atoms with van der Waals surface area (Å²) in [6.07, 6.45) is 2.84. The summed E-state index contributed by atoms with van der Waals surface area (Å²) in [4.78, 5) is 13.6. The summed E-state index contributed by atoms with van der Waals surface area (Å²) in [5, 5.41) is 18.5. The maximum atomic E-state index is 11.6. The third-order valence-corrected chi connectivity index (χ3v) is 3.80. The van der Waals surface area contributed by atoms with Gasteiger partial charge >= 0.3 is 5.97 Å². The van der Waals surface area contributed by atoms with Gasteiger partial charge in [0.1, 0.15) is 6.04 Å². The van der Waals surface area contributed by atoms with Crippen LogP contribution in [0.25, 0.3) is 0 Å². The van der Waals surface area contributed by atoms with Crippen molar-refractivity contribution in [1.82, 2.24) is 4.90 Å². The number of carbonyl (C=O) groups is 1. The topological polar surface area (TPSA) is 60.8 Å². The van der Waals surface area contributed by atoms with E-state index in [1.165, 1.54) is 0 Å². The first-order valence-electron chi connectivity index (χ1n) is 6.85. The van der Waals surface area contributed by atoms with Crippen LogP contribution in [0.2, 0.25) is 0 Å². The standard InChI is InChI=1S/C15H21NO3/c17-10-8-12-5-4-9-16(11-12)14(15(18)19)13-6-2-1-3-7-13/h1-3,6-7,12,14,17H,4-5,8-11H2,(H,18,19). The van der Waals surface area contributed by atoms with Crippen LogP contribution in [-0.2, 0) is 4.79 Å². The van der Waals surface area contributed by atoms with Gasteiger partial charge in [0.15, 0.2) is 0 Å². The Morgan fingerprint density at radius 2 is 2.11 bits per heavy atom. The van der Waals surface area contributed by atoms with Gasteiger partial charge < -0.3 is 10.2 Å². The van der Waals surface area contributed by atoms with Crippen LogP contribution in [0.15, 0.2) is 30.3 Å². The Bertz CT molecular complexity index is 405. The van der Waals surface area contributed by atoms with Crippen molar-refractivity contribution in [2.45, 2.75) is 25.3 Å². The molecule has 104 valence electrons. The molecule has 1 aliphatic heterocycles. The second kappa shape index (κ2) is 6.68. The van der Waals surface area contributed by atoms with E-state index in [1.807, 2.05) is 35.2 Å². The van der Waals surface area contributed by atoms with Gasteiger partial charge in [-0.2, -0.15) is 0 Å². The van der Waals surface area contributed by atoms with Crippen LogP contribution in [0.1, 0.15) is 30.9 Å². The van der Waals surface area contributed by atoms with Gasteiger partial charge in [-0.1, -0.05) is 30.3 Å². The highest BCUT2D eigenvalue weighted by Crippen LogP contribution is 2.28. The minimum Gasteiger partial charge on any atom is -0.480 e. The molecule has 0 amide bonds. The predicted molar refractivity (Wildman–Crippen MR) is 72.8 cm³/mol. The number of hydrogen-bond donors (Lipinski definition) is 2. The van der Waals surface area contributed by atoms with Gasteiger partial charge in [0.25, 0.3) is 0 Å². The minimum absolute atomic E-state index is 0.182. The molecule has 1 aromatic carbocycles. The molecule has 0 bridgehead atoms. The zero-order valence-electron chi connectivity index (χ0n) is 11.0. The number of aliphatic carboxylic acids is 1. The molecule has 19 heavy (non-hydrogen) atoms. The first kappa shape index (κ1) is 14.0. The summed E-state index contributed by atoms with van der Waals surface area (Å²) in [5.74, 6) is -0.389. The lowest BCUT2D eigenvalue weighted by Gasteiger charge is -2.36. The molecule has 1 aliphatic rings. The van der Waals surface area contributed by atoms with Crippen LogP contribution in [-0.4, -0.2) is 40.8 Å². The Hall–Kier alpha value is -1.39. The summed E-state index contributed by atoms with van der Waals surface area (Å²) in [5.41, 5.74) is 0.833. The molecule has 0 aliphatic carbocycles. The Balaban J connectivity index is 2.13. The fraction of sp³-hybridized carbons (Fsp3) is 0.533. The lowest BCUT2D eigenvalue weighted by molar-refractivity contribution is -0.144. The summed E-state index contributed by atoms with van der Waals surface area (Å²) in [6.45, 7) is 1.75. The first-order chi connectivity index (χ1) is 9.22. The number of rotatable bonds is 5. The smallest absolute Gasteiger partial charge is 0.325 e. The Kier molecular flexibility index (Phi) is 4.93. The molecule has 2 atom stereocenters. The summed E-state index contributed by atoms with van der Waals surface area (Å²) in [6, 6.07) is 8.82. The molecule has 0 saturated carbocycles. The minimum atomic E-state index is -0.796. The zero-order valence-corrected chi connectivity index (χ0v) is 11.0. The summed E-state index contributed by atoms with van der Waals surface area (Å²) < 4.78 is 0. The lowest BCUT2D eigenvalue weighted by atomic mass is 9.92. The number of carboxylic acids is 1. The van der Waals surface area contributed by atoms with E-state index in [9.17, 15) is 9.90 Å². The number of piperidine rings is 1. The fourth-order valence-corrected chi connectivity index (χ4v) is 2.89. The highest BCUT2D eigenvalue weighted by atomic mass is 16.4. The molecule has 4 heteroatoms. The molecule has 0 aromatic heterocycles. The van der Waals surface area contributed by atoms with Gasteiger partial charge in [0, 0.05) is 13.2 Å². The molecule has 2 unspecified atom stereocenters. The average molecular weight is 263 g/mol. The number of likely N-dealkylation sites (tertiary alicyclic amines) is 1. The molecule has 4 nitrogen and oxygen atoms in total. The molecule has 0 radical (unpaired) electrons. The zero-order chi connectivity index (χ0) is 13.7. The number of carboxylic acid groups (broad SMARTS) is 1. The van der Waals surface area contributed by atoms with Gasteiger partial charge in [-0.05, 0) is 37.3 Å². The molecule has 1 saturated heterocycles. The number of aliphatic hydroxyl groups is 1. The number of hydrogen-bond acceptors (Lipinski definition) is 3. The lowest BCUT2D eigenvalue weighted by Crippen LogP contribution is -2.41. The van der Waals surface area contributed by atoms with E-state index in [4.69, 9.17) is 5.11 Å². The van der Waals surface area contributed by atoms with Crippen molar-refractivity contribution < 1.29 is 15.0 Å². The first-order valence-corrected chi connectivity index (χ1v) is 6.85. The van der Waals surface area contributed by atoms with Crippen molar-refractivity contribution in [3.63, 3.8) is 0 Å². The van der Waals surface area contributed by atoms with Gasteiger partial charge in [-0.15, -0.1) is 0 Å². The second-order valence-electron chi connectivity index (χ2n) is 5.17.